The lowest BCUT2D eigenvalue weighted by Crippen LogP contribution is -2.31. The third-order valence-electron chi connectivity index (χ3n) is 4.00. The predicted molar refractivity (Wildman–Crippen MR) is 86.0 cm³/mol. The van der Waals surface area contributed by atoms with Crippen molar-refractivity contribution in [2.45, 2.75) is 39.5 Å². The third-order valence-corrected chi connectivity index (χ3v) is 4.00. The highest BCUT2D eigenvalue weighted by Gasteiger charge is 2.11. The highest BCUT2D eigenvalue weighted by Crippen LogP contribution is 2.15. The maximum atomic E-state index is 11.8. The van der Waals surface area contributed by atoms with Gasteiger partial charge in [0.1, 0.15) is 5.75 Å². The molecule has 0 radical (unpaired) electrons. The first kappa shape index (κ1) is 16.0. The van der Waals surface area contributed by atoms with Crippen LogP contribution in [-0.4, -0.2) is 36.9 Å². The Morgan fingerprint density at radius 3 is 2.43 bits per heavy atom. The molecule has 0 unspecified atom stereocenters. The number of carbonyl (C=O) groups is 1. The summed E-state index contributed by atoms with van der Waals surface area (Å²) in [6.07, 6.45) is 5.12. The lowest BCUT2D eigenvalue weighted by molar-refractivity contribution is 0.0939. The van der Waals surface area contributed by atoms with Gasteiger partial charge in [-0.25, -0.2) is 0 Å². The van der Waals surface area contributed by atoms with E-state index in [1.165, 1.54) is 32.4 Å². The van der Waals surface area contributed by atoms with Crippen molar-refractivity contribution in [1.29, 1.82) is 0 Å². The Morgan fingerprint density at radius 2 is 1.81 bits per heavy atom. The molecule has 1 aromatic carbocycles. The van der Waals surface area contributed by atoms with Gasteiger partial charge in [-0.2, -0.15) is 0 Å². The monoisotopic (exact) mass is 289 g/mol. The smallest absolute Gasteiger partial charge is 0.165 e. The predicted octanol–water partition coefficient (Wildman–Crippen LogP) is 3.78. The van der Waals surface area contributed by atoms with Crippen LogP contribution in [-0.2, 0) is 0 Å². The Balaban J connectivity index is 1.69. The van der Waals surface area contributed by atoms with E-state index in [-0.39, 0.29) is 11.7 Å². The second kappa shape index (κ2) is 8.18. The number of hydrogen-bond donors (Lipinski definition) is 0. The molecule has 1 heterocycles. The molecule has 1 fully saturated rings. The summed E-state index contributed by atoms with van der Waals surface area (Å²) < 4.78 is 5.75. The van der Waals surface area contributed by atoms with Crippen molar-refractivity contribution >= 4 is 5.78 Å². The molecule has 0 spiro atoms. The van der Waals surface area contributed by atoms with Crippen LogP contribution in [0.15, 0.2) is 24.3 Å². The zero-order valence-electron chi connectivity index (χ0n) is 13.3. The summed E-state index contributed by atoms with van der Waals surface area (Å²) in [4.78, 5) is 14.4. The molecule has 1 aliphatic rings. The molecular formula is C18H27NO2. The SMILES string of the molecule is CC(C)C(=O)c1ccc(OCCCN2CCCCC2)cc1. The van der Waals surface area contributed by atoms with Crippen LogP contribution in [0.25, 0.3) is 0 Å². The molecule has 3 heteroatoms. The Hall–Kier alpha value is -1.35. The normalized spacial score (nSPS) is 16.1. The van der Waals surface area contributed by atoms with Gasteiger partial charge in [0, 0.05) is 18.0 Å². The number of ether oxygens (including phenoxy) is 1. The Morgan fingerprint density at radius 1 is 1.14 bits per heavy atom. The molecule has 0 N–H and O–H groups in total. The molecule has 0 aromatic heterocycles. The van der Waals surface area contributed by atoms with Gasteiger partial charge in [0.2, 0.25) is 0 Å². The van der Waals surface area contributed by atoms with E-state index in [2.05, 4.69) is 4.90 Å². The van der Waals surface area contributed by atoms with Crippen LogP contribution in [0.1, 0.15) is 49.9 Å². The number of benzene rings is 1. The first-order valence-electron chi connectivity index (χ1n) is 8.16. The average molecular weight is 289 g/mol. The minimum absolute atomic E-state index is 0.0429. The quantitative estimate of drug-likeness (QED) is 0.565. The van der Waals surface area contributed by atoms with Gasteiger partial charge in [0.25, 0.3) is 0 Å². The number of likely N-dealkylation sites (tertiary alicyclic amines) is 1. The zero-order chi connectivity index (χ0) is 15.1. The molecule has 0 aliphatic carbocycles. The summed E-state index contributed by atoms with van der Waals surface area (Å²) in [5.41, 5.74) is 0.769. The van der Waals surface area contributed by atoms with Gasteiger partial charge in [-0.15, -0.1) is 0 Å². The van der Waals surface area contributed by atoms with Gasteiger partial charge in [-0.05, 0) is 56.6 Å². The van der Waals surface area contributed by atoms with Gasteiger partial charge in [-0.3, -0.25) is 4.79 Å². The summed E-state index contributed by atoms with van der Waals surface area (Å²) in [6.45, 7) is 8.20. The van der Waals surface area contributed by atoms with Crippen molar-refractivity contribution in [2.24, 2.45) is 5.92 Å². The number of carbonyl (C=O) groups excluding carboxylic acids is 1. The first-order valence-corrected chi connectivity index (χ1v) is 8.16. The highest BCUT2D eigenvalue weighted by atomic mass is 16.5. The molecule has 1 saturated heterocycles. The van der Waals surface area contributed by atoms with E-state index in [9.17, 15) is 4.79 Å². The van der Waals surface area contributed by atoms with E-state index >= 15 is 0 Å². The lowest BCUT2D eigenvalue weighted by atomic mass is 10.0. The van der Waals surface area contributed by atoms with E-state index in [4.69, 9.17) is 4.74 Å². The van der Waals surface area contributed by atoms with Crippen LogP contribution < -0.4 is 4.74 Å². The van der Waals surface area contributed by atoms with Crippen molar-refractivity contribution in [1.82, 2.24) is 4.90 Å². The van der Waals surface area contributed by atoms with Gasteiger partial charge in [0.15, 0.2) is 5.78 Å². The molecule has 2 rings (SSSR count). The highest BCUT2D eigenvalue weighted by molar-refractivity contribution is 5.97. The van der Waals surface area contributed by atoms with Gasteiger partial charge in [0.05, 0.1) is 6.61 Å². The van der Waals surface area contributed by atoms with Crippen LogP contribution in [0.5, 0.6) is 5.75 Å². The molecule has 1 aromatic rings. The Labute approximate surface area is 128 Å². The molecule has 0 amide bonds. The third kappa shape index (κ3) is 5.16. The number of rotatable bonds is 7. The van der Waals surface area contributed by atoms with Crippen LogP contribution in [0, 0.1) is 5.92 Å². The molecule has 0 bridgehead atoms. The van der Waals surface area contributed by atoms with E-state index in [1.807, 2.05) is 38.1 Å². The van der Waals surface area contributed by atoms with Gasteiger partial charge in [-0.1, -0.05) is 20.3 Å². The molecule has 0 saturated carbocycles. The van der Waals surface area contributed by atoms with Crippen LogP contribution >= 0.6 is 0 Å². The van der Waals surface area contributed by atoms with Crippen LogP contribution in [0.4, 0.5) is 0 Å². The van der Waals surface area contributed by atoms with E-state index in [0.29, 0.717) is 0 Å². The molecular weight excluding hydrogens is 262 g/mol. The van der Waals surface area contributed by atoms with E-state index < -0.39 is 0 Å². The van der Waals surface area contributed by atoms with Crippen LogP contribution in [0.3, 0.4) is 0 Å². The summed E-state index contributed by atoms with van der Waals surface area (Å²) in [6, 6.07) is 7.53. The Bertz CT molecular complexity index is 433. The average Bonchev–Trinajstić information content (AvgIpc) is 2.52. The number of hydrogen-bond acceptors (Lipinski definition) is 3. The zero-order valence-corrected chi connectivity index (χ0v) is 13.3. The van der Waals surface area contributed by atoms with E-state index in [1.54, 1.807) is 0 Å². The minimum Gasteiger partial charge on any atom is -0.494 e. The number of ketones is 1. The summed E-state index contributed by atoms with van der Waals surface area (Å²) in [5.74, 6) is 1.09. The molecule has 0 atom stereocenters. The number of nitrogens with zero attached hydrogens (tertiary/aromatic N) is 1. The fourth-order valence-electron chi connectivity index (χ4n) is 2.71. The topological polar surface area (TPSA) is 29.5 Å². The maximum absolute atomic E-state index is 11.8. The summed E-state index contributed by atoms with van der Waals surface area (Å²) >= 11 is 0. The molecule has 116 valence electrons. The van der Waals surface area contributed by atoms with Crippen molar-refractivity contribution in [3.05, 3.63) is 29.8 Å². The number of piperidine rings is 1. The Kier molecular flexibility index (Phi) is 6.24. The van der Waals surface area contributed by atoms with Crippen molar-refractivity contribution in [3.8, 4) is 5.75 Å². The largest absolute Gasteiger partial charge is 0.494 e. The lowest BCUT2D eigenvalue weighted by Gasteiger charge is -2.26. The minimum atomic E-state index is 0.0429. The van der Waals surface area contributed by atoms with Crippen LogP contribution in [0.2, 0.25) is 0 Å². The van der Waals surface area contributed by atoms with Crippen molar-refractivity contribution in [3.63, 3.8) is 0 Å². The van der Waals surface area contributed by atoms with Gasteiger partial charge < -0.3 is 9.64 Å². The summed E-state index contributed by atoms with van der Waals surface area (Å²) in [7, 11) is 0. The standard InChI is InChI=1S/C18H27NO2/c1-15(2)18(20)16-7-9-17(10-8-16)21-14-6-13-19-11-4-3-5-12-19/h7-10,15H,3-6,11-14H2,1-2H3. The number of Topliss-reactive ketones (excluding diaryl/α,β-unsaturated/α-hetero) is 1. The first-order chi connectivity index (χ1) is 10.2. The second-order valence-corrected chi connectivity index (χ2v) is 6.15. The van der Waals surface area contributed by atoms with Crippen molar-refractivity contribution in [2.75, 3.05) is 26.2 Å². The van der Waals surface area contributed by atoms with E-state index in [0.717, 1.165) is 30.9 Å². The van der Waals surface area contributed by atoms with Gasteiger partial charge >= 0.3 is 0 Å². The molecule has 1 aliphatic heterocycles. The second-order valence-electron chi connectivity index (χ2n) is 6.15. The van der Waals surface area contributed by atoms with Crippen molar-refractivity contribution < 1.29 is 9.53 Å². The fraction of sp³-hybridized carbons (Fsp3) is 0.611. The fourth-order valence-corrected chi connectivity index (χ4v) is 2.71. The summed E-state index contributed by atoms with van der Waals surface area (Å²) in [5, 5.41) is 0. The maximum Gasteiger partial charge on any atom is 0.165 e. The molecule has 3 nitrogen and oxygen atoms in total. The molecule has 21 heavy (non-hydrogen) atoms.